The van der Waals surface area contributed by atoms with Crippen LogP contribution >= 0.6 is 0 Å². The molecule has 0 spiro atoms. The maximum atomic E-state index is 12.9. The minimum Gasteiger partial charge on any atom is -0.484 e. The van der Waals surface area contributed by atoms with Gasteiger partial charge in [-0.05, 0) is 64.1 Å². The van der Waals surface area contributed by atoms with Crippen LogP contribution in [0.25, 0.3) is 0 Å². The molecule has 0 aliphatic carbocycles. The molecule has 1 N–H and O–H groups in total. The second-order valence-corrected chi connectivity index (χ2v) is 8.35. The second-order valence-electron chi connectivity index (χ2n) is 6.49. The van der Waals surface area contributed by atoms with E-state index in [1.54, 1.807) is 55.5 Å². The highest BCUT2D eigenvalue weighted by Crippen LogP contribution is 2.25. The van der Waals surface area contributed by atoms with Crippen molar-refractivity contribution in [1.29, 1.82) is 0 Å². The summed E-state index contributed by atoms with van der Waals surface area (Å²) in [5, 5.41) is 2.74. The lowest BCUT2D eigenvalue weighted by molar-refractivity contribution is -0.123. The lowest BCUT2D eigenvalue weighted by atomic mass is 10.2. The number of ether oxygens (including phenoxy) is 1. The minimum atomic E-state index is -3.64. The van der Waals surface area contributed by atoms with Gasteiger partial charge in [0.1, 0.15) is 5.75 Å². The van der Waals surface area contributed by atoms with Gasteiger partial charge in [-0.25, -0.2) is 8.42 Å². The van der Waals surface area contributed by atoms with Crippen molar-refractivity contribution in [2.24, 2.45) is 0 Å². The van der Waals surface area contributed by atoms with Gasteiger partial charge in [-0.3, -0.25) is 9.10 Å². The fraction of sp³-hybridized carbons (Fsp3) is 0.350. The molecule has 2 rings (SSSR count). The van der Waals surface area contributed by atoms with E-state index < -0.39 is 10.0 Å². The van der Waals surface area contributed by atoms with E-state index in [2.05, 4.69) is 5.32 Å². The summed E-state index contributed by atoms with van der Waals surface area (Å²) >= 11 is 0. The van der Waals surface area contributed by atoms with Gasteiger partial charge in [0.2, 0.25) is 0 Å². The van der Waals surface area contributed by atoms with E-state index >= 15 is 0 Å². The monoisotopic (exact) mass is 390 g/mol. The number of benzene rings is 2. The van der Waals surface area contributed by atoms with Crippen LogP contribution in [0.5, 0.6) is 5.75 Å². The Kier molecular flexibility index (Phi) is 6.85. The molecule has 6 nitrogen and oxygen atoms in total. The van der Waals surface area contributed by atoms with Gasteiger partial charge in [-0.2, -0.15) is 0 Å². The summed E-state index contributed by atoms with van der Waals surface area (Å²) in [6.07, 6.45) is 0. The normalized spacial score (nSPS) is 11.3. The van der Waals surface area contributed by atoms with Crippen molar-refractivity contribution in [3.05, 3.63) is 54.1 Å². The first-order valence-corrected chi connectivity index (χ1v) is 10.3. The van der Waals surface area contributed by atoms with Crippen molar-refractivity contribution < 1.29 is 17.9 Å². The predicted molar refractivity (Wildman–Crippen MR) is 107 cm³/mol. The molecule has 0 fully saturated rings. The van der Waals surface area contributed by atoms with Crippen LogP contribution in [0.1, 0.15) is 26.3 Å². The Bertz CT molecular complexity index is 860. The molecule has 2 aromatic carbocycles. The molecule has 0 unspecified atom stereocenters. The molecular formula is C20H26N2O4S. The predicted octanol–water partition coefficient (Wildman–Crippen LogP) is 3.11. The fourth-order valence-corrected chi connectivity index (χ4v) is 4.02. The smallest absolute Gasteiger partial charge is 0.264 e. The average Bonchev–Trinajstić information content (AvgIpc) is 2.61. The molecule has 0 heterocycles. The van der Waals surface area contributed by atoms with Crippen LogP contribution in [0.2, 0.25) is 0 Å². The van der Waals surface area contributed by atoms with Crippen molar-refractivity contribution >= 4 is 21.6 Å². The van der Waals surface area contributed by atoms with Crippen LogP contribution in [0, 0.1) is 6.92 Å². The molecule has 0 saturated heterocycles. The van der Waals surface area contributed by atoms with E-state index in [1.165, 1.54) is 4.31 Å². The Morgan fingerprint density at radius 3 is 2.19 bits per heavy atom. The third kappa shape index (κ3) is 5.47. The first-order valence-electron chi connectivity index (χ1n) is 8.85. The van der Waals surface area contributed by atoms with Crippen molar-refractivity contribution in [1.82, 2.24) is 5.32 Å². The second kappa shape index (κ2) is 8.90. The molecule has 0 aliphatic rings. The summed E-state index contributed by atoms with van der Waals surface area (Å²) < 4.78 is 32.6. The number of hydrogen-bond donors (Lipinski definition) is 1. The van der Waals surface area contributed by atoms with Crippen LogP contribution in [0.4, 0.5) is 5.69 Å². The van der Waals surface area contributed by atoms with Gasteiger partial charge in [-0.1, -0.05) is 17.7 Å². The van der Waals surface area contributed by atoms with Gasteiger partial charge in [0.25, 0.3) is 15.9 Å². The number of nitrogens with one attached hydrogen (secondary N) is 1. The molecule has 0 radical (unpaired) electrons. The van der Waals surface area contributed by atoms with E-state index in [9.17, 15) is 13.2 Å². The molecule has 0 aromatic heterocycles. The topological polar surface area (TPSA) is 75.7 Å². The van der Waals surface area contributed by atoms with Gasteiger partial charge in [0, 0.05) is 12.6 Å². The van der Waals surface area contributed by atoms with Crippen molar-refractivity contribution in [3.8, 4) is 5.75 Å². The maximum absolute atomic E-state index is 12.9. The third-order valence-electron chi connectivity index (χ3n) is 3.84. The van der Waals surface area contributed by atoms with Gasteiger partial charge >= 0.3 is 0 Å². The van der Waals surface area contributed by atoms with Gasteiger partial charge in [0.05, 0.1) is 10.6 Å². The fourth-order valence-electron chi connectivity index (χ4n) is 2.55. The Morgan fingerprint density at radius 2 is 1.67 bits per heavy atom. The maximum Gasteiger partial charge on any atom is 0.264 e. The number of aryl methyl sites for hydroxylation is 1. The van der Waals surface area contributed by atoms with E-state index in [1.807, 2.05) is 20.8 Å². The molecule has 0 aliphatic heterocycles. The molecule has 7 heteroatoms. The molecule has 146 valence electrons. The van der Waals surface area contributed by atoms with Crippen LogP contribution in [0.15, 0.2) is 53.4 Å². The Hall–Kier alpha value is -2.54. The highest BCUT2D eigenvalue weighted by atomic mass is 32.2. The standard InChI is InChI=1S/C20H26N2O4S/c1-5-22(27(24,25)19-12-6-16(4)7-13-19)17-8-10-18(11-9-17)26-14-20(23)21-15(2)3/h6-13,15H,5,14H2,1-4H3,(H,21,23). The van der Waals surface area contributed by atoms with Crippen LogP contribution in [0.3, 0.4) is 0 Å². The lowest BCUT2D eigenvalue weighted by Crippen LogP contribution is -2.34. The van der Waals surface area contributed by atoms with Crippen molar-refractivity contribution in [2.75, 3.05) is 17.5 Å². The number of nitrogens with zero attached hydrogens (tertiary/aromatic N) is 1. The minimum absolute atomic E-state index is 0.0496. The number of carbonyl (C=O) groups excluding carboxylic acids is 1. The van der Waals surface area contributed by atoms with E-state index in [4.69, 9.17) is 4.74 Å². The molecule has 27 heavy (non-hydrogen) atoms. The highest BCUT2D eigenvalue weighted by molar-refractivity contribution is 7.92. The SMILES string of the molecule is CCN(c1ccc(OCC(=O)NC(C)C)cc1)S(=O)(=O)c1ccc(C)cc1. The first kappa shape index (κ1) is 20.8. The molecule has 2 aromatic rings. The van der Waals surface area contributed by atoms with E-state index in [-0.39, 0.29) is 23.5 Å². The number of anilines is 1. The van der Waals surface area contributed by atoms with Crippen molar-refractivity contribution in [2.45, 2.75) is 38.6 Å². The number of carbonyl (C=O) groups is 1. The molecule has 1 amide bonds. The van der Waals surface area contributed by atoms with Gasteiger partial charge < -0.3 is 10.1 Å². The van der Waals surface area contributed by atoms with Crippen LogP contribution in [-0.4, -0.2) is 33.5 Å². The lowest BCUT2D eigenvalue weighted by Gasteiger charge is -2.23. The zero-order chi connectivity index (χ0) is 20.0. The summed E-state index contributed by atoms with van der Waals surface area (Å²) in [5.74, 6) is 0.299. The molecule has 0 bridgehead atoms. The average molecular weight is 391 g/mol. The number of amides is 1. The third-order valence-corrected chi connectivity index (χ3v) is 5.76. The van der Waals surface area contributed by atoms with Crippen LogP contribution < -0.4 is 14.4 Å². The summed E-state index contributed by atoms with van der Waals surface area (Å²) in [6, 6.07) is 13.5. The quantitative estimate of drug-likeness (QED) is 0.751. The summed E-state index contributed by atoms with van der Waals surface area (Å²) in [6.45, 7) is 7.66. The first-order chi connectivity index (χ1) is 12.7. The molecule has 0 atom stereocenters. The van der Waals surface area contributed by atoms with Crippen LogP contribution in [-0.2, 0) is 14.8 Å². The van der Waals surface area contributed by atoms with E-state index in [0.29, 0.717) is 18.0 Å². The molecule has 0 saturated carbocycles. The summed E-state index contributed by atoms with van der Waals surface area (Å²) in [7, 11) is -3.64. The Labute approximate surface area is 161 Å². The zero-order valence-corrected chi connectivity index (χ0v) is 16.9. The Balaban J connectivity index is 2.13. The number of rotatable bonds is 8. The molecular weight excluding hydrogens is 364 g/mol. The summed E-state index contributed by atoms with van der Waals surface area (Å²) in [5.41, 5.74) is 1.54. The highest BCUT2D eigenvalue weighted by Gasteiger charge is 2.23. The van der Waals surface area contributed by atoms with Gasteiger partial charge in [0.15, 0.2) is 6.61 Å². The van der Waals surface area contributed by atoms with Gasteiger partial charge in [-0.15, -0.1) is 0 Å². The Morgan fingerprint density at radius 1 is 1.07 bits per heavy atom. The zero-order valence-electron chi connectivity index (χ0n) is 16.1. The number of hydrogen-bond acceptors (Lipinski definition) is 4. The van der Waals surface area contributed by atoms with Crippen molar-refractivity contribution in [3.63, 3.8) is 0 Å². The number of sulfonamides is 1. The largest absolute Gasteiger partial charge is 0.484 e. The van der Waals surface area contributed by atoms with E-state index in [0.717, 1.165) is 5.56 Å². The summed E-state index contributed by atoms with van der Waals surface area (Å²) in [4.78, 5) is 11.9.